The molecule has 1 atom stereocenters. The molecular weight excluding hydrogens is 262 g/mol. The van der Waals surface area contributed by atoms with Gasteiger partial charge >= 0.3 is 0 Å². The molecule has 21 heavy (non-hydrogen) atoms. The Labute approximate surface area is 126 Å². The lowest BCUT2D eigenvalue weighted by Crippen LogP contribution is -2.17. The predicted octanol–water partition coefficient (Wildman–Crippen LogP) is 4.04. The molecule has 0 saturated carbocycles. The zero-order valence-electron chi connectivity index (χ0n) is 13.1. The SMILES string of the molecule is CCNC(C)c1ccc(-c2c(OC)cccc2OC)cc1. The molecule has 0 aromatic heterocycles. The average molecular weight is 285 g/mol. The predicted molar refractivity (Wildman–Crippen MR) is 87.1 cm³/mol. The second-order valence-corrected chi connectivity index (χ2v) is 4.94. The third kappa shape index (κ3) is 3.37. The first-order valence-corrected chi connectivity index (χ1v) is 7.26. The highest BCUT2D eigenvalue weighted by Gasteiger charge is 2.12. The van der Waals surface area contributed by atoms with Crippen LogP contribution in [-0.4, -0.2) is 20.8 Å². The van der Waals surface area contributed by atoms with E-state index in [9.17, 15) is 0 Å². The van der Waals surface area contributed by atoms with E-state index in [1.54, 1.807) is 14.2 Å². The summed E-state index contributed by atoms with van der Waals surface area (Å²) in [6.07, 6.45) is 0. The van der Waals surface area contributed by atoms with Crippen molar-refractivity contribution < 1.29 is 9.47 Å². The molecule has 112 valence electrons. The van der Waals surface area contributed by atoms with Crippen molar-refractivity contribution in [3.05, 3.63) is 48.0 Å². The van der Waals surface area contributed by atoms with Crippen LogP contribution in [0.25, 0.3) is 11.1 Å². The fourth-order valence-corrected chi connectivity index (χ4v) is 2.50. The van der Waals surface area contributed by atoms with Crippen LogP contribution in [0.4, 0.5) is 0 Å². The van der Waals surface area contributed by atoms with Crippen LogP contribution in [0.3, 0.4) is 0 Å². The molecule has 2 rings (SSSR count). The number of methoxy groups -OCH3 is 2. The molecular formula is C18H23NO2. The molecule has 2 aromatic carbocycles. The Morgan fingerprint density at radius 1 is 0.952 bits per heavy atom. The van der Waals surface area contributed by atoms with Gasteiger partial charge < -0.3 is 14.8 Å². The van der Waals surface area contributed by atoms with Gasteiger partial charge in [-0.25, -0.2) is 0 Å². The molecule has 3 heteroatoms. The van der Waals surface area contributed by atoms with Gasteiger partial charge in [0.15, 0.2) is 0 Å². The minimum Gasteiger partial charge on any atom is -0.496 e. The Morgan fingerprint density at radius 3 is 2.00 bits per heavy atom. The standard InChI is InChI=1S/C18H23NO2/c1-5-19-13(2)14-9-11-15(12-10-14)18-16(20-3)7-6-8-17(18)21-4/h6-13,19H,5H2,1-4H3. The largest absolute Gasteiger partial charge is 0.496 e. The van der Waals surface area contributed by atoms with Crippen LogP contribution in [0.5, 0.6) is 11.5 Å². The van der Waals surface area contributed by atoms with Crippen LogP contribution < -0.4 is 14.8 Å². The summed E-state index contributed by atoms with van der Waals surface area (Å²) in [5.74, 6) is 1.64. The van der Waals surface area contributed by atoms with E-state index in [1.807, 2.05) is 18.2 Å². The molecule has 0 fully saturated rings. The van der Waals surface area contributed by atoms with Gasteiger partial charge in [-0.05, 0) is 36.7 Å². The van der Waals surface area contributed by atoms with Crippen LogP contribution in [0.15, 0.2) is 42.5 Å². The van der Waals surface area contributed by atoms with Gasteiger partial charge in [0.2, 0.25) is 0 Å². The van der Waals surface area contributed by atoms with Crippen molar-refractivity contribution in [2.24, 2.45) is 0 Å². The fraction of sp³-hybridized carbons (Fsp3) is 0.333. The lowest BCUT2D eigenvalue weighted by molar-refractivity contribution is 0.397. The average Bonchev–Trinajstić information content (AvgIpc) is 2.54. The van der Waals surface area contributed by atoms with E-state index in [0.29, 0.717) is 6.04 Å². The van der Waals surface area contributed by atoms with Crippen LogP contribution >= 0.6 is 0 Å². The van der Waals surface area contributed by atoms with Crippen molar-refractivity contribution >= 4 is 0 Å². The van der Waals surface area contributed by atoms with Gasteiger partial charge in [0.1, 0.15) is 11.5 Å². The van der Waals surface area contributed by atoms with Gasteiger partial charge in [-0.15, -0.1) is 0 Å². The van der Waals surface area contributed by atoms with Gasteiger partial charge in [0.05, 0.1) is 19.8 Å². The molecule has 0 aliphatic carbocycles. The van der Waals surface area contributed by atoms with Gasteiger partial charge in [0, 0.05) is 6.04 Å². The highest BCUT2D eigenvalue weighted by atomic mass is 16.5. The summed E-state index contributed by atoms with van der Waals surface area (Å²) in [5.41, 5.74) is 3.36. The van der Waals surface area contributed by atoms with Gasteiger partial charge in [-0.3, -0.25) is 0 Å². The van der Waals surface area contributed by atoms with Gasteiger partial charge in [-0.1, -0.05) is 37.3 Å². The maximum absolute atomic E-state index is 5.47. The molecule has 0 bridgehead atoms. The first-order valence-electron chi connectivity index (χ1n) is 7.26. The van der Waals surface area contributed by atoms with Crippen molar-refractivity contribution in [1.29, 1.82) is 0 Å². The minimum atomic E-state index is 0.351. The number of hydrogen-bond acceptors (Lipinski definition) is 3. The quantitative estimate of drug-likeness (QED) is 0.869. The maximum atomic E-state index is 5.47. The third-order valence-electron chi connectivity index (χ3n) is 3.64. The smallest absolute Gasteiger partial charge is 0.130 e. The van der Waals surface area contributed by atoms with Gasteiger partial charge in [0.25, 0.3) is 0 Å². The Morgan fingerprint density at radius 2 is 1.52 bits per heavy atom. The molecule has 1 N–H and O–H groups in total. The van der Waals surface area contributed by atoms with E-state index in [1.165, 1.54) is 5.56 Å². The number of hydrogen-bond donors (Lipinski definition) is 1. The zero-order chi connectivity index (χ0) is 15.2. The van der Waals surface area contributed by atoms with Crippen LogP contribution in [-0.2, 0) is 0 Å². The highest BCUT2D eigenvalue weighted by molar-refractivity contribution is 5.77. The molecule has 1 unspecified atom stereocenters. The fourth-order valence-electron chi connectivity index (χ4n) is 2.50. The lowest BCUT2D eigenvalue weighted by Gasteiger charge is -2.15. The molecule has 0 aliphatic rings. The summed E-state index contributed by atoms with van der Waals surface area (Å²) in [5, 5.41) is 3.42. The van der Waals surface area contributed by atoms with E-state index < -0.39 is 0 Å². The molecule has 0 spiro atoms. The van der Waals surface area contributed by atoms with E-state index >= 15 is 0 Å². The second kappa shape index (κ2) is 7.14. The Hall–Kier alpha value is -2.00. The molecule has 0 radical (unpaired) electrons. The number of rotatable bonds is 6. The molecule has 0 aliphatic heterocycles. The number of benzene rings is 2. The summed E-state index contributed by atoms with van der Waals surface area (Å²) < 4.78 is 10.9. The second-order valence-electron chi connectivity index (χ2n) is 4.94. The van der Waals surface area contributed by atoms with Crippen molar-refractivity contribution in [2.75, 3.05) is 20.8 Å². The molecule has 2 aromatic rings. The molecule has 0 saturated heterocycles. The first kappa shape index (κ1) is 15.4. The summed E-state index contributed by atoms with van der Waals surface area (Å²) in [4.78, 5) is 0. The summed E-state index contributed by atoms with van der Waals surface area (Å²) in [7, 11) is 3.36. The monoisotopic (exact) mass is 285 g/mol. The normalized spacial score (nSPS) is 12.0. The molecule has 0 heterocycles. The van der Waals surface area contributed by atoms with Crippen LogP contribution in [0.1, 0.15) is 25.5 Å². The number of nitrogens with one attached hydrogen (secondary N) is 1. The minimum absolute atomic E-state index is 0.351. The van der Waals surface area contributed by atoms with Crippen LogP contribution in [0, 0.1) is 0 Å². The summed E-state index contributed by atoms with van der Waals surface area (Å²) >= 11 is 0. The van der Waals surface area contributed by atoms with E-state index in [4.69, 9.17) is 9.47 Å². The van der Waals surface area contributed by atoms with E-state index in [2.05, 4.69) is 43.4 Å². The Balaban J connectivity index is 2.39. The molecule has 3 nitrogen and oxygen atoms in total. The summed E-state index contributed by atoms with van der Waals surface area (Å²) in [6.45, 7) is 5.25. The number of ether oxygens (including phenoxy) is 2. The van der Waals surface area contributed by atoms with Crippen molar-refractivity contribution in [1.82, 2.24) is 5.32 Å². The maximum Gasteiger partial charge on any atom is 0.130 e. The third-order valence-corrected chi connectivity index (χ3v) is 3.64. The lowest BCUT2D eigenvalue weighted by atomic mass is 10.00. The Bertz CT molecular complexity index is 556. The molecule has 0 amide bonds. The van der Waals surface area contributed by atoms with Crippen LogP contribution in [0.2, 0.25) is 0 Å². The topological polar surface area (TPSA) is 30.5 Å². The first-order chi connectivity index (χ1) is 10.2. The van der Waals surface area contributed by atoms with Crippen molar-refractivity contribution in [2.45, 2.75) is 19.9 Å². The Kier molecular flexibility index (Phi) is 5.23. The van der Waals surface area contributed by atoms with Crippen molar-refractivity contribution in [3.8, 4) is 22.6 Å². The van der Waals surface area contributed by atoms with Crippen molar-refractivity contribution in [3.63, 3.8) is 0 Å². The zero-order valence-corrected chi connectivity index (χ0v) is 13.1. The van der Waals surface area contributed by atoms with E-state index in [0.717, 1.165) is 29.2 Å². The highest BCUT2D eigenvalue weighted by Crippen LogP contribution is 2.38. The van der Waals surface area contributed by atoms with E-state index in [-0.39, 0.29) is 0 Å². The summed E-state index contributed by atoms with van der Waals surface area (Å²) in [6, 6.07) is 14.7. The van der Waals surface area contributed by atoms with Gasteiger partial charge in [-0.2, -0.15) is 0 Å².